The normalized spacial score (nSPS) is 42.7. The molecule has 0 radical (unpaired) electrons. The molecule has 9 N–H and O–H groups in total. The molecular weight excluding hydrogens is 700 g/mol. The second-order valence-electron chi connectivity index (χ2n) is 13.3. The van der Waals surface area contributed by atoms with Gasteiger partial charge in [0.25, 0.3) is 0 Å². The van der Waals surface area contributed by atoms with E-state index in [9.17, 15) is 55.5 Å². The third-order valence-corrected chi connectivity index (χ3v) is 10.5. The van der Waals surface area contributed by atoms with Crippen molar-refractivity contribution < 1.29 is 93.4 Å². The lowest BCUT2D eigenvalue weighted by Gasteiger charge is -2.43. The van der Waals surface area contributed by atoms with E-state index >= 15 is 0 Å². The second kappa shape index (κ2) is 16.1. The van der Waals surface area contributed by atoms with Crippen molar-refractivity contribution in [1.82, 2.24) is 0 Å². The van der Waals surface area contributed by atoms with E-state index in [1.807, 2.05) is 0 Å². The second-order valence-corrected chi connectivity index (χ2v) is 13.3. The molecule has 19 heteroatoms. The van der Waals surface area contributed by atoms with Crippen LogP contribution in [0, 0.1) is 23.7 Å². The molecule has 52 heavy (non-hydrogen) atoms. The summed E-state index contributed by atoms with van der Waals surface area (Å²) < 4.78 is 44.8. The molecule has 2 saturated heterocycles. The summed E-state index contributed by atoms with van der Waals surface area (Å²) in [6.45, 7) is -2.09. The summed E-state index contributed by atoms with van der Waals surface area (Å²) in [5.41, 5.74) is 1.20. The van der Waals surface area contributed by atoms with E-state index in [-0.39, 0.29) is 30.6 Å². The molecule has 0 aromatic rings. The van der Waals surface area contributed by atoms with Crippen molar-refractivity contribution in [2.24, 2.45) is 23.7 Å². The van der Waals surface area contributed by atoms with Crippen LogP contribution in [-0.4, -0.2) is 165 Å². The van der Waals surface area contributed by atoms with E-state index in [1.165, 1.54) is 7.11 Å². The van der Waals surface area contributed by atoms with Gasteiger partial charge in [-0.1, -0.05) is 12.2 Å². The molecule has 6 rings (SSSR count). The molecule has 0 spiro atoms. The number of fused-ring (bicyclic) bond motifs is 2. The third kappa shape index (κ3) is 7.14. The Balaban J connectivity index is 1.16. The highest BCUT2D eigenvalue weighted by Gasteiger charge is 2.52. The van der Waals surface area contributed by atoms with Gasteiger partial charge in [-0.15, -0.1) is 0 Å². The molecule has 19 nitrogen and oxygen atoms in total. The van der Waals surface area contributed by atoms with Crippen molar-refractivity contribution in [2.45, 2.75) is 86.8 Å². The molecule has 0 aromatic carbocycles. The van der Waals surface area contributed by atoms with E-state index in [0.717, 1.165) is 12.5 Å². The summed E-state index contributed by atoms with van der Waals surface area (Å²) in [6, 6.07) is 0. The number of aliphatic hydroxyl groups excluding tert-OH is 9. The van der Waals surface area contributed by atoms with Gasteiger partial charge >= 0.3 is 11.9 Å². The molecule has 4 heterocycles. The molecule has 0 amide bonds. The Kier molecular flexibility index (Phi) is 12.0. The Bertz CT molecular complexity index is 1440. The predicted molar refractivity (Wildman–Crippen MR) is 165 cm³/mol. The van der Waals surface area contributed by atoms with Crippen molar-refractivity contribution in [3.8, 4) is 0 Å². The van der Waals surface area contributed by atoms with Gasteiger partial charge in [-0.3, -0.25) is 0 Å². The number of hydrogen-bond donors (Lipinski definition) is 9. The summed E-state index contributed by atoms with van der Waals surface area (Å²) in [5, 5.41) is 91.0. The Morgan fingerprint density at radius 2 is 1.12 bits per heavy atom. The van der Waals surface area contributed by atoms with Crippen molar-refractivity contribution in [3.05, 3.63) is 47.0 Å². The standard InChI is InChI=1S/C33H44O19/c1-45-28(43)16-10-47-31(52-33-27(42)25(40)23(38)19(8-36)50-33)21-13(3-5-14(16)21)9-46-29(44)17-11-48-30(20-12(6-34)2-4-15(17)20)51-32-26(41)24(39)22(37)18(7-35)49-32/h2-3,10-11,14-15,18-27,30-42H,4-9H2,1H3/t14-,15-,18-,19-,20-,21-,22-,23-,24+,25+,26-,27-,30+,31+,32+,33+/m1/s1. The Morgan fingerprint density at radius 3 is 1.58 bits per heavy atom. The fourth-order valence-electron chi connectivity index (χ4n) is 7.57. The lowest BCUT2D eigenvalue weighted by Crippen LogP contribution is -2.60. The molecule has 0 aromatic heterocycles. The van der Waals surface area contributed by atoms with Gasteiger partial charge in [0.15, 0.2) is 12.6 Å². The first-order valence-corrected chi connectivity index (χ1v) is 16.8. The number of aliphatic hydroxyl groups is 9. The number of esters is 2. The van der Waals surface area contributed by atoms with Crippen LogP contribution in [-0.2, 0) is 47.5 Å². The molecule has 290 valence electrons. The fourth-order valence-corrected chi connectivity index (χ4v) is 7.57. The monoisotopic (exact) mass is 744 g/mol. The third-order valence-electron chi connectivity index (χ3n) is 10.5. The first-order valence-electron chi connectivity index (χ1n) is 16.8. The SMILES string of the molecule is COC(=O)C1=CO[C@@H](O[C@@H]2O[C@H](CO)[C@@H](O)[C@H](O)[C@H]2O)[C@@H]2C(COC(=O)C3=CO[C@@H](O[C@@H]4O[C@H](CO)[C@@H](O)[C@H](O)[C@H]4O)[C@@H]4C(CO)=CC[C@H]34)=CC[C@H]12. The van der Waals surface area contributed by atoms with Crippen LogP contribution in [0.3, 0.4) is 0 Å². The largest absolute Gasteiger partial charge is 0.471 e. The maximum Gasteiger partial charge on any atom is 0.337 e. The zero-order valence-electron chi connectivity index (χ0n) is 27.9. The van der Waals surface area contributed by atoms with Crippen LogP contribution in [0.2, 0.25) is 0 Å². The lowest BCUT2D eigenvalue weighted by atomic mass is 9.83. The first-order chi connectivity index (χ1) is 24.9. The van der Waals surface area contributed by atoms with Gasteiger partial charge < -0.3 is 83.9 Å². The average molecular weight is 745 g/mol. The van der Waals surface area contributed by atoms with Crippen molar-refractivity contribution in [3.63, 3.8) is 0 Å². The predicted octanol–water partition coefficient (Wildman–Crippen LogP) is -4.07. The number of ether oxygens (including phenoxy) is 8. The fraction of sp³-hybridized carbons (Fsp3) is 0.697. The highest BCUT2D eigenvalue weighted by molar-refractivity contribution is 5.90. The van der Waals surface area contributed by atoms with Gasteiger partial charge in [0, 0.05) is 11.8 Å². The van der Waals surface area contributed by atoms with Crippen LogP contribution in [0.4, 0.5) is 0 Å². The Labute approximate surface area is 296 Å². The highest BCUT2D eigenvalue weighted by Crippen LogP contribution is 2.47. The number of allylic oxidation sites excluding steroid dienone is 2. The maximum absolute atomic E-state index is 13.6. The first kappa shape index (κ1) is 38.7. The molecule has 2 aliphatic carbocycles. The van der Waals surface area contributed by atoms with Crippen LogP contribution in [0.25, 0.3) is 0 Å². The van der Waals surface area contributed by atoms with E-state index in [0.29, 0.717) is 11.1 Å². The maximum atomic E-state index is 13.6. The van der Waals surface area contributed by atoms with Crippen LogP contribution >= 0.6 is 0 Å². The van der Waals surface area contributed by atoms with Gasteiger partial charge in [0.1, 0.15) is 55.4 Å². The summed E-state index contributed by atoms with van der Waals surface area (Å²) >= 11 is 0. The topological polar surface area (TPSA) is 290 Å². The molecule has 0 saturated carbocycles. The average Bonchev–Trinajstić information content (AvgIpc) is 3.79. The summed E-state index contributed by atoms with van der Waals surface area (Å²) in [7, 11) is 1.20. The molecule has 6 aliphatic rings. The van der Waals surface area contributed by atoms with Gasteiger partial charge in [0.05, 0.1) is 62.4 Å². The number of rotatable bonds is 11. The van der Waals surface area contributed by atoms with Gasteiger partial charge in [-0.05, 0) is 24.0 Å². The number of hydrogen-bond acceptors (Lipinski definition) is 19. The molecule has 0 bridgehead atoms. The van der Waals surface area contributed by atoms with Gasteiger partial charge in [-0.25, -0.2) is 9.59 Å². The van der Waals surface area contributed by atoms with Crippen molar-refractivity contribution in [1.29, 1.82) is 0 Å². The van der Waals surface area contributed by atoms with Crippen molar-refractivity contribution >= 4 is 11.9 Å². The number of carbonyl (C=O) groups is 2. The zero-order chi connectivity index (χ0) is 37.4. The molecule has 16 atom stereocenters. The number of carbonyl (C=O) groups excluding carboxylic acids is 2. The van der Waals surface area contributed by atoms with E-state index in [4.69, 9.17) is 37.9 Å². The molecule has 2 fully saturated rings. The highest BCUT2D eigenvalue weighted by atomic mass is 16.8. The molecular formula is C33H44O19. The smallest absolute Gasteiger partial charge is 0.337 e. The minimum Gasteiger partial charge on any atom is -0.471 e. The molecule has 0 unspecified atom stereocenters. The van der Waals surface area contributed by atoms with E-state index < -0.39 is 129 Å². The van der Waals surface area contributed by atoms with Gasteiger partial charge in [-0.2, -0.15) is 0 Å². The van der Waals surface area contributed by atoms with Crippen LogP contribution in [0.1, 0.15) is 12.8 Å². The van der Waals surface area contributed by atoms with Crippen LogP contribution in [0.5, 0.6) is 0 Å². The van der Waals surface area contributed by atoms with Crippen LogP contribution < -0.4 is 0 Å². The van der Waals surface area contributed by atoms with E-state index in [1.54, 1.807) is 12.2 Å². The quantitative estimate of drug-likeness (QED) is 0.0718. The minimum absolute atomic E-state index is 0.0951. The summed E-state index contributed by atoms with van der Waals surface area (Å²) in [5.74, 6) is -4.18. The van der Waals surface area contributed by atoms with Crippen molar-refractivity contribution in [2.75, 3.05) is 33.5 Å². The Morgan fingerprint density at radius 1 is 0.654 bits per heavy atom. The molecule has 4 aliphatic heterocycles. The summed E-state index contributed by atoms with van der Waals surface area (Å²) in [4.78, 5) is 26.2. The van der Waals surface area contributed by atoms with E-state index in [2.05, 4.69) is 0 Å². The lowest BCUT2D eigenvalue weighted by molar-refractivity contribution is -0.339. The zero-order valence-corrected chi connectivity index (χ0v) is 27.9. The van der Waals surface area contributed by atoms with Crippen LogP contribution in [0.15, 0.2) is 47.0 Å². The minimum atomic E-state index is -1.74. The van der Waals surface area contributed by atoms with Gasteiger partial charge in [0.2, 0.25) is 12.6 Å². The number of methoxy groups -OCH3 is 1. The Hall–Kier alpha value is -3.02. The summed E-state index contributed by atoms with van der Waals surface area (Å²) in [6.07, 6.45) is -11.9.